The number of amides is 1. The molecule has 3 aromatic heterocycles. The highest BCUT2D eigenvalue weighted by Gasteiger charge is 2.49. The van der Waals surface area contributed by atoms with Crippen LogP contribution >= 0.6 is 0 Å². The average Bonchev–Trinajstić information content (AvgIpc) is 3.34. The van der Waals surface area contributed by atoms with E-state index in [4.69, 9.17) is 5.73 Å². The first kappa shape index (κ1) is 22.6. The van der Waals surface area contributed by atoms with Gasteiger partial charge in [0.25, 0.3) is 0 Å². The standard InChI is InChI=1S/C22H16F5N7O/c1-21(11-3-2-10(23)8-12(11)24)15-16(28)31-17(32-18(15)33-20(21)35)14-9-34-7-6-29-19(34)13(30-14)4-5-22(25,26)27/h2-3,6-9H,4-5H2,1H3,(H3,28,31,32,33,35). The number of hydrogen-bond donors (Lipinski definition) is 2. The summed E-state index contributed by atoms with van der Waals surface area (Å²) in [5.74, 6) is -2.64. The third-order valence-corrected chi connectivity index (χ3v) is 5.91. The third-order valence-electron chi connectivity index (χ3n) is 5.91. The molecular weight excluding hydrogens is 473 g/mol. The Morgan fingerprint density at radius 3 is 2.66 bits per heavy atom. The molecule has 4 heterocycles. The number of carbonyl (C=O) groups is 1. The van der Waals surface area contributed by atoms with Crippen molar-refractivity contribution in [2.75, 3.05) is 11.1 Å². The maximum atomic E-state index is 14.6. The number of alkyl halides is 3. The van der Waals surface area contributed by atoms with Gasteiger partial charge in [0.2, 0.25) is 5.91 Å². The second-order valence-corrected chi connectivity index (χ2v) is 8.21. The van der Waals surface area contributed by atoms with Crippen molar-refractivity contribution in [3.05, 3.63) is 65.2 Å². The molecule has 3 N–H and O–H groups in total. The number of hydrogen-bond acceptors (Lipinski definition) is 6. The molecule has 0 saturated heterocycles. The van der Waals surface area contributed by atoms with Crippen molar-refractivity contribution in [1.82, 2.24) is 24.3 Å². The molecule has 4 aromatic rings. The molecule has 0 spiro atoms. The number of imidazole rings is 1. The van der Waals surface area contributed by atoms with Gasteiger partial charge in [-0.2, -0.15) is 13.2 Å². The first-order valence-electron chi connectivity index (χ1n) is 10.3. The van der Waals surface area contributed by atoms with Crippen LogP contribution in [0, 0.1) is 11.6 Å². The molecule has 1 amide bonds. The Morgan fingerprint density at radius 2 is 1.94 bits per heavy atom. The highest BCUT2D eigenvalue weighted by Crippen LogP contribution is 2.45. The van der Waals surface area contributed by atoms with Crippen molar-refractivity contribution in [3.8, 4) is 11.5 Å². The largest absolute Gasteiger partial charge is 0.389 e. The normalized spacial score (nSPS) is 17.6. The van der Waals surface area contributed by atoms with Crippen molar-refractivity contribution in [3.63, 3.8) is 0 Å². The van der Waals surface area contributed by atoms with Gasteiger partial charge in [-0.05, 0) is 13.0 Å². The maximum Gasteiger partial charge on any atom is 0.389 e. The van der Waals surface area contributed by atoms with E-state index in [1.807, 2.05) is 0 Å². The van der Waals surface area contributed by atoms with Crippen LogP contribution in [0.4, 0.5) is 33.6 Å². The number of aromatic nitrogens is 5. The lowest BCUT2D eigenvalue weighted by Crippen LogP contribution is -2.34. The molecule has 13 heteroatoms. The van der Waals surface area contributed by atoms with Crippen LogP contribution < -0.4 is 11.1 Å². The van der Waals surface area contributed by atoms with Gasteiger partial charge in [-0.3, -0.25) is 4.79 Å². The summed E-state index contributed by atoms with van der Waals surface area (Å²) < 4.78 is 68.0. The SMILES string of the molecule is CC1(c2ccc(F)cc2F)C(=O)Nc2nc(-c3cn4ccnc4c(CCC(F)(F)F)n3)nc(N)c21. The van der Waals surface area contributed by atoms with Gasteiger partial charge < -0.3 is 15.5 Å². The molecule has 1 aliphatic heterocycles. The number of halogens is 5. The summed E-state index contributed by atoms with van der Waals surface area (Å²) in [6.45, 7) is 1.41. The first-order chi connectivity index (χ1) is 16.5. The van der Waals surface area contributed by atoms with Crippen LogP contribution in [-0.4, -0.2) is 36.4 Å². The molecule has 1 unspecified atom stereocenters. The van der Waals surface area contributed by atoms with Crippen molar-refractivity contribution in [2.45, 2.75) is 31.4 Å². The van der Waals surface area contributed by atoms with Crippen molar-refractivity contribution in [1.29, 1.82) is 0 Å². The zero-order chi connectivity index (χ0) is 25.1. The van der Waals surface area contributed by atoms with Crippen LogP contribution in [0.25, 0.3) is 17.2 Å². The summed E-state index contributed by atoms with van der Waals surface area (Å²) in [5, 5.41) is 2.54. The van der Waals surface area contributed by atoms with Gasteiger partial charge in [-0.25, -0.2) is 28.7 Å². The zero-order valence-corrected chi connectivity index (χ0v) is 18.0. The molecule has 1 aliphatic rings. The minimum atomic E-state index is -4.39. The highest BCUT2D eigenvalue weighted by atomic mass is 19.4. The third kappa shape index (κ3) is 3.72. The number of aryl methyl sites for hydroxylation is 1. The Bertz CT molecular complexity index is 1500. The second-order valence-electron chi connectivity index (χ2n) is 8.21. The van der Waals surface area contributed by atoms with E-state index in [2.05, 4.69) is 25.3 Å². The zero-order valence-electron chi connectivity index (χ0n) is 18.0. The van der Waals surface area contributed by atoms with Crippen molar-refractivity contribution >= 4 is 23.2 Å². The molecule has 0 saturated carbocycles. The summed E-state index contributed by atoms with van der Waals surface area (Å²) in [4.78, 5) is 29.8. The molecule has 1 aromatic carbocycles. The lowest BCUT2D eigenvalue weighted by molar-refractivity contribution is -0.134. The van der Waals surface area contributed by atoms with E-state index in [0.29, 0.717) is 6.07 Å². The lowest BCUT2D eigenvalue weighted by Gasteiger charge is -2.24. The summed E-state index contributed by atoms with van der Waals surface area (Å²) in [6.07, 6.45) is -1.49. The van der Waals surface area contributed by atoms with E-state index >= 15 is 0 Å². The second kappa shape index (κ2) is 7.68. The summed E-state index contributed by atoms with van der Waals surface area (Å²) in [7, 11) is 0. The van der Waals surface area contributed by atoms with Crippen LogP contribution in [0.3, 0.4) is 0 Å². The van der Waals surface area contributed by atoms with Gasteiger partial charge >= 0.3 is 6.18 Å². The van der Waals surface area contributed by atoms with Gasteiger partial charge in [-0.1, -0.05) is 6.07 Å². The molecule has 8 nitrogen and oxygen atoms in total. The fraction of sp³-hybridized carbons (Fsp3) is 0.227. The monoisotopic (exact) mass is 489 g/mol. The van der Waals surface area contributed by atoms with Crippen molar-refractivity contribution in [2.24, 2.45) is 0 Å². The van der Waals surface area contributed by atoms with E-state index in [0.717, 1.165) is 12.1 Å². The van der Waals surface area contributed by atoms with E-state index in [1.54, 1.807) is 0 Å². The van der Waals surface area contributed by atoms with Gasteiger partial charge in [0.15, 0.2) is 11.5 Å². The minimum absolute atomic E-state index is 0.00639. The highest BCUT2D eigenvalue weighted by molar-refractivity contribution is 6.09. The Morgan fingerprint density at radius 1 is 1.17 bits per heavy atom. The quantitative estimate of drug-likeness (QED) is 0.422. The van der Waals surface area contributed by atoms with Gasteiger partial charge in [-0.15, -0.1) is 0 Å². The van der Waals surface area contributed by atoms with Crippen LogP contribution in [0.2, 0.25) is 0 Å². The number of benzene rings is 1. The molecule has 35 heavy (non-hydrogen) atoms. The number of nitrogen functional groups attached to an aromatic ring is 1. The Labute approximate surface area is 194 Å². The fourth-order valence-corrected chi connectivity index (χ4v) is 4.21. The Balaban J connectivity index is 1.62. The van der Waals surface area contributed by atoms with Gasteiger partial charge in [0, 0.05) is 43.1 Å². The number of rotatable bonds is 4. The average molecular weight is 489 g/mol. The molecule has 180 valence electrons. The van der Waals surface area contributed by atoms with Crippen molar-refractivity contribution < 1.29 is 26.7 Å². The molecular formula is C22H16F5N7O. The van der Waals surface area contributed by atoms with E-state index in [9.17, 15) is 26.7 Å². The minimum Gasteiger partial charge on any atom is -0.383 e. The topological polar surface area (TPSA) is 111 Å². The fourth-order valence-electron chi connectivity index (χ4n) is 4.21. The number of nitrogens with two attached hydrogens (primary N) is 1. The molecule has 0 bridgehead atoms. The van der Waals surface area contributed by atoms with Gasteiger partial charge in [0.05, 0.1) is 11.3 Å². The molecule has 1 atom stereocenters. The molecule has 0 radical (unpaired) electrons. The molecule has 5 rings (SSSR count). The van der Waals surface area contributed by atoms with Crippen LogP contribution in [0.1, 0.15) is 30.2 Å². The smallest absolute Gasteiger partial charge is 0.383 e. The van der Waals surface area contributed by atoms with E-state index in [1.165, 1.54) is 29.9 Å². The lowest BCUT2D eigenvalue weighted by atomic mass is 9.77. The number of carbonyl (C=O) groups excluding carboxylic acids is 1. The predicted octanol–water partition coefficient (Wildman–Crippen LogP) is 3.80. The summed E-state index contributed by atoms with van der Waals surface area (Å²) in [6, 6.07) is 2.82. The maximum absolute atomic E-state index is 14.6. The first-order valence-corrected chi connectivity index (χ1v) is 10.3. The van der Waals surface area contributed by atoms with Crippen LogP contribution in [-0.2, 0) is 16.6 Å². The number of fused-ring (bicyclic) bond motifs is 2. The number of anilines is 2. The summed E-state index contributed by atoms with van der Waals surface area (Å²) in [5.41, 5.74) is 4.93. The number of nitrogens with one attached hydrogen (secondary N) is 1. The molecule has 0 aliphatic carbocycles. The molecule has 0 fully saturated rings. The Kier molecular flexibility index (Phi) is 4.97. The number of nitrogens with zero attached hydrogens (tertiary/aromatic N) is 5. The van der Waals surface area contributed by atoms with E-state index in [-0.39, 0.29) is 45.6 Å². The Hall–Kier alpha value is -4.16. The summed E-state index contributed by atoms with van der Waals surface area (Å²) >= 11 is 0. The van der Waals surface area contributed by atoms with E-state index < -0.39 is 42.0 Å². The van der Waals surface area contributed by atoms with Crippen LogP contribution in [0.5, 0.6) is 0 Å². The predicted molar refractivity (Wildman–Crippen MR) is 114 cm³/mol. The van der Waals surface area contributed by atoms with Gasteiger partial charge in [0.1, 0.15) is 34.4 Å². The van der Waals surface area contributed by atoms with Crippen LogP contribution in [0.15, 0.2) is 36.8 Å².